The van der Waals surface area contributed by atoms with Gasteiger partial charge in [-0.3, -0.25) is 4.79 Å². The molecule has 0 aliphatic carbocycles. The van der Waals surface area contributed by atoms with Crippen LogP contribution in [0.4, 0.5) is 0 Å². The molecule has 1 saturated heterocycles. The second kappa shape index (κ2) is 6.68. The van der Waals surface area contributed by atoms with Gasteiger partial charge in [-0.1, -0.05) is 31.9 Å². The Bertz CT molecular complexity index is 411. The minimum absolute atomic E-state index is 0.0245. The molecule has 0 atom stereocenters. The van der Waals surface area contributed by atoms with E-state index in [-0.39, 0.29) is 5.91 Å². The molecule has 0 unspecified atom stereocenters. The lowest BCUT2D eigenvalue weighted by Gasteiger charge is -2.22. The molecule has 1 aliphatic rings. The van der Waals surface area contributed by atoms with Crippen LogP contribution in [0.25, 0.3) is 0 Å². The lowest BCUT2D eigenvalue weighted by Crippen LogP contribution is -2.32. The maximum absolute atomic E-state index is 12.0. The summed E-state index contributed by atoms with van der Waals surface area (Å²) in [5.74, 6) is 0.516. The molecule has 2 rings (SSSR count). The van der Waals surface area contributed by atoms with E-state index in [0.717, 1.165) is 41.5 Å². The van der Waals surface area contributed by atoms with E-state index in [1.807, 2.05) is 18.2 Å². The minimum Gasteiger partial charge on any atom is -0.381 e. The fourth-order valence-corrected chi connectivity index (χ4v) is 3.27. The first kappa shape index (κ1) is 14.0. The smallest absolute Gasteiger partial charge is 0.251 e. The van der Waals surface area contributed by atoms with Crippen LogP contribution in [0, 0.1) is 5.92 Å². The molecule has 0 spiro atoms. The lowest BCUT2D eigenvalue weighted by atomic mass is 10.0. The zero-order valence-corrected chi connectivity index (χ0v) is 13.1. The highest BCUT2D eigenvalue weighted by Crippen LogP contribution is 2.20. The first-order valence-corrected chi connectivity index (χ1v) is 7.56. The Hall–Kier alpha value is -0.390. The minimum atomic E-state index is -0.0245. The number of hydrogen-bond acceptors (Lipinski definition) is 2. The van der Waals surface area contributed by atoms with Crippen molar-refractivity contribution in [2.45, 2.75) is 12.8 Å². The molecule has 98 valence electrons. The van der Waals surface area contributed by atoms with Crippen molar-refractivity contribution in [1.82, 2.24) is 5.32 Å². The second-order valence-corrected chi connectivity index (χ2v) is 6.26. The number of halogens is 2. The maximum Gasteiger partial charge on any atom is 0.251 e. The fourth-order valence-electron chi connectivity index (χ4n) is 1.97. The van der Waals surface area contributed by atoms with Crippen molar-refractivity contribution >= 4 is 37.8 Å². The largest absolute Gasteiger partial charge is 0.381 e. The van der Waals surface area contributed by atoms with E-state index in [1.54, 1.807) is 0 Å². The molecule has 3 nitrogen and oxygen atoms in total. The summed E-state index contributed by atoms with van der Waals surface area (Å²) < 4.78 is 7.09. The van der Waals surface area contributed by atoms with Crippen molar-refractivity contribution in [2.24, 2.45) is 5.92 Å². The number of hydrogen-bond donors (Lipinski definition) is 1. The van der Waals surface area contributed by atoms with Crippen molar-refractivity contribution in [3.05, 3.63) is 32.7 Å². The lowest BCUT2D eigenvalue weighted by molar-refractivity contribution is 0.0642. The van der Waals surface area contributed by atoms with E-state index >= 15 is 0 Å². The van der Waals surface area contributed by atoms with Crippen LogP contribution < -0.4 is 5.32 Å². The number of rotatable bonds is 3. The van der Waals surface area contributed by atoms with E-state index in [4.69, 9.17) is 4.74 Å². The van der Waals surface area contributed by atoms with Crippen molar-refractivity contribution in [3.8, 4) is 0 Å². The summed E-state index contributed by atoms with van der Waals surface area (Å²) in [6, 6.07) is 5.56. The van der Waals surface area contributed by atoms with Gasteiger partial charge in [-0.05, 0) is 37.0 Å². The molecular weight excluding hydrogens is 362 g/mol. The summed E-state index contributed by atoms with van der Waals surface area (Å²) >= 11 is 6.76. The fraction of sp³-hybridized carbons (Fsp3) is 0.462. The zero-order valence-electron chi connectivity index (χ0n) is 9.92. The Morgan fingerprint density at radius 2 is 1.83 bits per heavy atom. The first-order chi connectivity index (χ1) is 8.65. The van der Waals surface area contributed by atoms with Gasteiger partial charge in [0.1, 0.15) is 0 Å². The Labute approximate surface area is 124 Å². The number of amides is 1. The van der Waals surface area contributed by atoms with Gasteiger partial charge in [0.2, 0.25) is 0 Å². The van der Waals surface area contributed by atoms with Crippen LogP contribution in [-0.2, 0) is 4.74 Å². The highest BCUT2D eigenvalue weighted by atomic mass is 79.9. The molecular formula is C13H15Br2NO2. The Morgan fingerprint density at radius 1 is 1.22 bits per heavy atom. The zero-order chi connectivity index (χ0) is 13.0. The third-order valence-corrected chi connectivity index (χ3v) is 3.93. The third kappa shape index (κ3) is 4.07. The van der Waals surface area contributed by atoms with Crippen LogP contribution in [0.2, 0.25) is 0 Å². The van der Waals surface area contributed by atoms with Crippen LogP contribution >= 0.6 is 31.9 Å². The van der Waals surface area contributed by atoms with Gasteiger partial charge < -0.3 is 10.1 Å². The van der Waals surface area contributed by atoms with E-state index in [0.29, 0.717) is 11.5 Å². The topological polar surface area (TPSA) is 38.3 Å². The van der Waals surface area contributed by atoms with Gasteiger partial charge in [0.15, 0.2) is 0 Å². The summed E-state index contributed by atoms with van der Waals surface area (Å²) in [5.41, 5.74) is 0.670. The number of nitrogens with one attached hydrogen (secondary N) is 1. The molecule has 1 amide bonds. The number of benzene rings is 1. The summed E-state index contributed by atoms with van der Waals surface area (Å²) in [5, 5.41) is 2.99. The maximum atomic E-state index is 12.0. The quantitative estimate of drug-likeness (QED) is 0.878. The summed E-state index contributed by atoms with van der Waals surface area (Å²) in [6.45, 7) is 2.35. The summed E-state index contributed by atoms with van der Waals surface area (Å²) in [7, 11) is 0. The van der Waals surface area contributed by atoms with Gasteiger partial charge in [0, 0.05) is 34.3 Å². The summed E-state index contributed by atoms with van der Waals surface area (Å²) in [6.07, 6.45) is 2.06. The third-order valence-electron chi connectivity index (χ3n) is 3.02. The Balaban J connectivity index is 1.90. The predicted octanol–water partition coefficient (Wildman–Crippen LogP) is 3.37. The molecule has 5 heteroatoms. The van der Waals surface area contributed by atoms with E-state index in [9.17, 15) is 4.79 Å². The molecule has 18 heavy (non-hydrogen) atoms. The molecule has 1 fully saturated rings. The Morgan fingerprint density at radius 3 is 2.44 bits per heavy atom. The monoisotopic (exact) mass is 375 g/mol. The van der Waals surface area contributed by atoms with Crippen molar-refractivity contribution in [1.29, 1.82) is 0 Å². The van der Waals surface area contributed by atoms with Crippen LogP contribution in [0.15, 0.2) is 27.1 Å². The predicted molar refractivity (Wildman–Crippen MR) is 77.7 cm³/mol. The molecule has 0 bridgehead atoms. The molecule has 0 aromatic heterocycles. The second-order valence-electron chi connectivity index (χ2n) is 4.42. The molecule has 0 radical (unpaired) electrons. The molecule has 1 aliphatic heterocycles. The number of carbonyl (C=O) groups excluding carboxylic acids is 1. The van der Waals surface area contributed by atoms with E-state index < -0.39 is 0 Å². The van der Waals surface area contributed by atoms with Crippen LogP contribution in [-0.4, -0.2) is 25.7 Å². The highest BCUT2D eigenvalue weighted by Gasteiger charge is 2.15. The average Bonchev–Trinajstić information content (AvgIpc) is 2.36. The standard InChI is InChI=1S/C13H15Br2NO2/c14-11-5-10(6-12(15)7-11)13(17)16-8-9-1-3-18-4-2-9/h5-7,9H,1-4,8H2,(H,16,17). The molecule has 1 heterocycles. The average molecular weight is 377 g/mol. The van der Waals surface area contributed by atoms with Crippen molar-refractivity contribution < 1.29 is 9.53 Å². The molecule has 1 aromatic rings. The van der Waals surface area contributed by atoms with Gasteiger partial charge >= 0.3 is 0 Å². The normalized spacial score (nSPS) is 16.6. The van der Waals surface area contributed by atoms with Gasteiger partial charge in [-0.2, -0.15) is 0 Å². The highest BCUT2D eigenvalue weighted by molar-refractivity contribution is 9.11. The van der Waals surface area contributed by atoms with E-state index in [2.05, 4.69) is 37.2 Å². The van der Waals surface area contributed by atoms with Crippen LogP contribution in [0.1, 0.15) is 23.2 Å². The van der Waals surface area contributed by atoms with Gasteiger partial charge in [0.25, 0.3) is 5.91 Å². The van der Waals surface area contributed by atoms with Gasteiger partial charge in [-0.25, -0.2) is 0 Å². The number of carbonyl (C=O) groups is 1. The molecule has 0 saturated carbocycles. The molecule has 1 aromatic carbocycles. The summed E-state index contributed by atoms with van der Waals surface area (Å²) in [4.78, 5) is 12.0. The van der Waals surface area contributed by atoms with Crippen LogP contribution in [0.3, 0.4) is 0 Å². The number of ether oxygens (including phenoxy) is 1. The van der Waals surface area contributed by atoms with E-state index in [1.165, 1.54) is 0 Å². The molecule has 1 N–H and O–H groups in total. The Kier molecular flexibility index (Phi) is 5.21. The van der Waals surface area contributed by atoms with Gasteiger partial charge in [-0.15, -0.1) is 0 Å². The van der Waals surface area contributed by atoms with Crippen molar-refractivity contribution in [2.75, 3.05) is 19.8 Å². The van der Waals surface area contributed by atoms with Gasteiger partial charge in [0.05, 0.1) is 0 Å². The SMILES string of the molecule is O=C(NCC1CCOCC1)c1cc(Br)cc(Br)c1. The van der Waals surface area contributed by atoms with Crippen molar-refractivity contribution in [3.63, 3.8) is 0 Å². The first-order valence-electron chi connectivity index (χ1n) is 5.97. The van der Waals surface area contributed by atoms with Crippen LogP contribution in [0.5, 0.6) is 0 Å².